The zero-order valence-electron chi connectivity index (χ0n) is 9.54. The molecule has 0 aliphatic heterocycles. The van der Waals surface area contributed by atoms with Gasteiger partial charge in [-0.1, -0.05) is 23.2 Å². The fourth-order valence-electron chi connectivity index (χ4n) is 1.11. The molecule has 0 fully saturated rings. The van der Waals surface area contributed by atoms with Crippen molar-refractivity contribution in [1.29, 1.82) is 0 Å². The molecule has 0 aliphatic carbocycles. The predicted molar refractivity (Wildman–Crippen MR) is 70.2 cm³/mol. The van der Waals surface area contributed by atoms with Gasteiger partial charge in [0.05, 0.1) is 16.6 Å². The summed E-state index contributed by atoms with van der Waals surface area (Å²) >= 11 is 11.5. The third-order valence-corrected chi connectivity index (χ3v) is 2.88. The van der Waals surface area contributed by atoms with E-state index in [1.165, 1.54) is 13.0 Å². The van der Waals surface area contributed by atoms with Crippen molar-refractivity contribution in [1.82, 2.24) is 5.32 Å². The number of rotatable bonds is 5. The summed E-state index contributed by atoms with van der Waals surface area (Å²) in [6.07, 6.45) is 0. The summed E-state index contributed by atoms with van der Waals surface area (Å²) in [7, 11) is 0. The average molecular weight is 291 g/mol. The van der Waals surface area contributed by atoms with Gasteiger partial charge in [-0.15, -0.1) is 0 Å². The van der Waals surface area contributed by atoms with Crippen molar-refractivity contribution in [2.24, 2.45) is 0 Å². The first-order valence-electron chi connectivity index (χ1n) is 5.11. The second kappa shape index (κ2) is 6.58. The number of anilines is 1. The van der Waals surface area contributed by atoms with Crippen LogP contribution >= 0.6 is 23.2 Å². The summed E-state index contributed by atoms with van der Waals surface area (Å²) in [6, 6.07) is 3.90. The zero-order valence-corrected chi connectivity index (χ0v) is 11.0. The lowest BCUT2D eigenvalue weighted by atomic mass is 10.3. The van der Waals surface area contributed by atoms with E-state index < -0.39 is 12.0 Å². The van der Waals surface area contributed by atoms with Crippen molar-refractivity contribution < 1.29 is 14.7 Å². The van der Waals surface area contributed by atoms with Crippen molar-refractivity contribution in [3.8, 4) is 0 Å². The molecule has 0 spiro atoms. The normalized spacial score (nSPS) is 11.9. The minimum Gasteiger partial charge on any atom is -0.480 e. The van der Waals surface area contributed by atoms with Gasteiger partial charge in [0, 0.05) is 5.69 Å². The van der Waals surface area contributed by atoms with Crippen LogP contribution in [0.25, 0.3) is 0 Å². The van der Waals surface area contributed by atoms with E-state index in [9.17, 15) is 9.59 Å². The van der Waals surface area contributed by atoms with E-state index in [4.69, 9.17) is 28.3 Å². The lowest BCUT2D eigenvalue weighted by Gasteiger charge is -2.10. The molecular weight excluding hydrogens is 279 g/mol. The van der Waals surface area contributed by atoms with Crippen LogP contribution in [0, 0.1) is 0 Å². The van der Waals surface area contributed by atoms with Gasteiger partial charge in [0.15, 0.2) is 0 Å². The van der Waals surface area contributed by atoms with Crippen molar-refractivity contribution in [2.75, 3.05) is 11.9 Å². The maximum Gasteiger partial charge on any atom is 0.320 e. The third-order valence-electron chi connectivity index (χ3n) is 2.14. The van der Waals surface area contributed by atoms with Crippen LogP contribution in [0.2, 0.25) is 10.0 Å². The van der Waals surface area contributed by atoms with E-state index in [2.05, 4.69) is 10.6 Å². The molecule has 0 aromatic heterocycles. The molecule has 98 valence electrons. The number of amides is 1. The van der Waals surface area contributed by atoms with Crippen LogP contribution in [0.1, 0.15) is 6.92 Å². The van der Waals surface area contributed by atoms with E-state index in [0.717, 1.165) is 0 Å². The number of carboxylic acids is 1. The molecule has 1 rings (SSSR count). The van der Waals surface area contributed by atoms with Crippen LogP contribution in [-0.4, -0.2) is 29.6 Å². The number of halogens is 2. The number of carbonyl (C=O) groups excluding carboxylic acids is 1. The second-order valence-corrected chi connectivity index (χ2v) is 4.43. The zero-order chi connectivity index (χ0) is 13.7. The van der Waals surface area contributed by atoms with Gasteiger partial charge in [-0.3, -0.25) is 14.9 Å². The molecule has 0 unspecified atom stereocenters. The van der Waals surface area contributed by atoms with E-state index in [1.807, 2.05) is 0 Å². The minimum atomic E-state index is -1.02. The Bertz CT molecular complexity index is 466. The predicted octanol–water partition coefficient (Wildman–Crippen LogP) is 1.99. The summed E-state index contributed by atoms with van der Waals surface area (Å²) in [4.78, 5) is 22.0. The van der Waals surface area contributed by atoms with Crippen molar-refractivity contribution in [3.63, 3.8) is 0 Å². The number of carbonyl (C=O) groups is 2. The molecule has 1 aromatic carbocycles. The van der Waals surface area contributed by atoms with Gasteiger partial charge in [0.1, 0.15) is 6.04 Å². The molecule has 1 amide bonds. The molecular formula is C11H12Cl2N2O3. The molecule has 7 heteroatoms. The first-order chi connectivity index (χ1) is 8.40. The number of hydrogen-bond donors (Lipinski definition) is 3. The molecule has 0 bridgehead atoms. The Hall–Kier alpha value is -1.30. The van der Waals surface area contributed by atoms with E-state index in [1.54, 1.807) is 12.1 Å². The highest BCUT2D eigenvalue weighted by molar-refractivity contribution is 6.42. The molecule has 1 atom stereocenters. The van der Waals surface area contributed by atoms with E-state index >= 15 is 0 Å². The van der Waals surface area contributed by atoms with Gasteiger partial charge in [-0.2, -0.15) is 0 Å². The number of hydrogen-bond acceptors (Lipinski definition) is 3. The molecule has 0 heterocycles. The summed E-state index contributed by atoms with van der Waals surface area (Å²) in [5.74, 6) is -1.38. The molecule has 18 heavy (non-hydrogen) atoms. The Morgan fingerprint density at radius 2 is 2.00 bits per heavy atom. The second-order valence-electron chi connectivity index (χ2n) is 3.62. The van der Waals surface area contributed by atoms with Crippen LogP contribution in [0.4, 0.5) is 5.69 Å². The average Bonchev–Trinajstić information content (AvgIpc) is 2.30. The molecule has 5 nitrogen and oxygen atoms in total. The Morgan fingerprint density at radius 3 is 2.56 bits per heavy atom. The highest BCUT2D eigenvalue weighted by Crippen LogP contribution is 2.24. The minimum absolute atomic E-state index is 0.103. The third kappa shape index (κ3) is 4.52. The molecule has 0 saturated heterocycles. The Labute approximate surface area is 114 Å². The quantitative estimate of drug-likeness (QED) is 0.775. The smallest absolute Gasteiger partial charge is 0.320 e. The highest BCUT2D eigenvalue weighted by Gasteiger charge is 2.11. The standard InChI is InChI=1S/C11H12Cl2N2O3/c1-6(11(17)18)14-5-10(16)15-7-2-3-8(12)9(13)4-7/h2-4,6,14H,5H2,1H3,(H,15,16)(H,17,18)/t6-/m1/s1. The first kappa shape index (κ1) is 14.8. The Morgan fingerprint density at radius 1 is 1.33 bits per heavy atom. The molecule has 0 aliphatic rings. The molecule has 0 radical (unpaired) electrons. The first-order valence-corrected chi connectivity index (χ1v) is 5.87. The Kier molecular flexibility index (Phi) is 5.40. The maximum absolute atomic E-state index is 11.5. The lowest BCUT2D eigenvalue weighted by molar-refractivity contribution is -0.139. The lowest BCUT2D eigenvalue weighted by Crippen LogP contribution is -2.39. The summed E-state index contributed by atoms with van der Waals surface area (Å²) < 4.78 is 0. The fraction of sp³-hybridized carbons (Fsp3) is 0.273. The topological polar surface area (TPSA) is 78.4 Å². The van der Waals surface area contributed by atoms with Gasteiger partial charge in [-0.05, 0) is 25.1 Å². The van der Waals surface area contributed by atoms with Gasteiger partial charge < -0.3 is 10.4 Å². The number of carboxylic acid groups (broad SMARTS) is 1. The highest BCUT2D eigenvalue weighted by atomic mass is 35.5. The van der Waals surface area contributed by atoms with Crippen LogP contribution < -0.4 is 10.6 Å². The number of aliphatic carboxylic acids is 1. The van der Waals surface area contributed by atoms with Crippen LogP contribution in [0.5, 0.6) is 0 Å². The largest absolute Gasteiger partial charge is 0.480 e. The van der Waals surface area contributed by atoms with Crippen LogP contribution in [0.15, 0.2) is 18.2 Å². The van der Waals surface area contributed by atoms with Crippen molar-refractivity contribution in [3.05, 3.63) is 28.2 Å². The van der Waals surface area contributed by atoms with Crippen molar-refractivity contribution in [2.45, 2.75) is 13.0 Å². The summed E-state index contributed by atoms with van der Waals surface area (Å²) in [6.45, 7) is 1.35. The fourth-order valence-corrected chi connectivity index (χ4v) is 1.41. The SMILES string of the molecule is C[C@@H](NCC(=O)Nc1ccc(Cl)c(Cl)c1)C(=O)O. The van der Waals surface area contributed by atoms with Gasteiger partial charge in [0.2, 0.25) is 5.91 Å². The molecule has 3 N–H and O–H groups in total. The van der Waals surface area contributed by atoms with Gasteiger partial charge in [-0.25, -0.2) is 0 Å². The van der Waals surface area contributed by atoms with Crippen LogP contribution in [0.3, 0.4) is 0 Å². The van der Waals surface area contributed by atoms with Crippen molar-refractivity contribution >= 4 is 40.8 Å². The van der Waals surface area contributed by atoms with Crippen LogP contribution in [-0.2, 0) is 9.59 Å². The molecule has 1 aromatic rings. The molecule has 0 saturated carbocycles. The number of nitrogens with one attached hydrogen (secondary N) is 2. The van der Waals surface area contributed by atoms with Gasteiger partial charge >= 0.3 is 5.97 Å². The maximum atomic E-state index is 11.5. The Balaban J connectivity index is 2.49. The summed E-state index contributed by atoms with van der Waals surface area (Å²) in [5.41, 5.74) is 0.499. The monoisotopic (exact) mass is 290 g/mol. The summed E-state index contributed by atoms with van der Waals surface area (Å²) in [5, 5.41) is 14.5. The van der Waals surface area contributed by atoms with E-state index in [0.29, 0.717) is 15.7 Å². The number of benzene rings is 1. The van der Waals surface area contributed by atoms with Gasteiger partial charge in [0.25, 0.3) is 0 Å². The van der Waals surface area contributed by atoms with E-state index in [-0.39, 0.29) is 12.5 Å².